The van der Waals surface area contributed by atoms with E-state index in [1.165, 1.54) is 7.05 Å². The van der Waals surface area contributed by atoms with Crippen LogP contribution in [0.4, 0.5) is 0 Å². The third-order valence-electron chi connectivity index (χ3n) is 2.61. The van der Waals surface area contributed by atoms with Crippen LogP contribution in [0.25, 0.3) is 10.9 Å². The molecule has 0 aliphatic rings. The lowest BCUT2D eigenvalue weighted by molar-refractivity contribution is -0.137. The topological polar surface area (TPSA) is 70.5 Å². The van der Waals surface area contributed by atoms with Crippen molar-refractivity contribution in [3.63, 3.8) is 0 Å². The molecule has 0 aliphatic carbocycles. The molecule has 6 heteroatoms. The number of rotatable bonds is 3. The van der Waals surface area contributed by atoms with Crippen LogP contribution in [0.3, 0.4) is 0 Å². The summed E-state index contributed by atoms with van der Waals surface area (Å²) in [6, 6.07) is 8.61. The monoisotopic (exact) mass is 278 g/mol. The molecule has 0 spiro atoms. The van der Waals surface area contributed by atoms with Gasteiger partial charge in [-0.25, -0.2) is 4.98 Å². The van der Waals surface area contributed by atoms with Crippen molar-refractivity contribution < 1.29 is 14.7 Å². The fourth-order valence-electron chi connectivity index (χ4n) is 1.70. The normalized spacial score (nSPS) is 10.4. The van der Waals surface area contributed by atoms with E-state index in [0.717, 1.165) is 10.3 Å². The Kier molecular flexibility index (Phi) is 3.66. The lowest BCUT2D eigenvalue weighted by Gasteiger charge is -2.14. The Morgan fingerprint density at radius 3 is 2.74 bits per heavy atom. The zero-order chi connectivity index (χ0) is 14.0. The van der Waals surface area contributed by atoms with Crippen LogP contribution in [0.2, 0.25) is 5.02 Å². The summed E-state index contributed by atoms with van der Waals surface area (Å²) in [6.45, 7) is -0.374. The molecule has 0 atom stereocenters. The molecule has 0 saturated heterocycles. The van der Waals surface area contributed by atoms with Gasteiger partial charge in [0, 0.05) is 12.4 Å². The lowest BCUT2D eigenvalue weighted by atomic mass is 10.2. The summed E-state index contributed by atoms with van der Waals surface area (Å²) in [5.41, 5.74) is 0.697. The Morgan fingerprint density at radius 2 is 2.05 bits per heavy atom. The maximum Gasteiger partial charge on any atom is 0.323 e. The summed E-state index contributed by atoms with van der Waals surface area (Å²) in [5, 5.41) is 9.94. The minimum Gasteiger partial charge on any atom is -0.480 e. The van der Waals surface area contributed by atoms with Crippen molar-refractivity contribution in [1.29, 1.82) is 0 Å². The highest BCUT2D eigenvalue weighted by molar-refractivity contribution is 6.35. The lowest BCUT2D eigenvalue weighted by Crippen LogP contribution is -2.32. The molecule has 19 heavy (non-hydrogen) atoms. The number of hydrogen-bond acceptors (Lipinski definition) is 3. The average molecular weight is 279 g/mol. The maximum absolute atomic E-state index is 12.0. The SMILES string of the molecule is CN(CC(=O)O)C(=O)c1ccc2cccc(Cl)c2n1. The van der Waals surface area contributed by atoms with Crippen LogP contribution in [0.1, 0.15) is 10.5 Å². The Hall–Kier alpha value is -2.14. The van der Waals surface area contributed by atoms with Gasteiger partial charge >= 0.3 is 5.97 Å². The summed E-state index contributed by atoms with van der Waals surface area (Å²) < 4.78 is 0. The third kappa shape index (κ3) is 2.82. The highest BCUT2D eigenvalue weighted by Crippen LogP contribution is 2.21. The largest absolute Gasteiger partial charge is 0.480 e. The summed E-state index contributed by atoms with van der Waals surface area (Å²) >= 11 is 6.02. The number of nitrogens with zero attached hydrogens (tertiary/aromatic N) is 2. The standard InChI is InChI=1S/C13H11ClN2O3/c1-16(7-11(17)18)13(19)10-6-5-8-3-2-4-9(14)12(8)15-10/h2-6H,7H2,1H3,(H,17,18). The smallest absolute Gasteiger partial charge is 0.323 e. The van der Waals surface area contributed by atoms with Gasteiger partial charge in [-0.2, -0.15) is 0 Å². The van der Waals surface area contributed by atoms with Crippen molar-refractivity contribution >= 4 is 34.4 Å². The van der Waals surface area contributed by atoms with Crippen LogP contribution in [0.15, 0.2) is 30.3 Å². The van der Waals surface area contributed by atoms with Gasteiger partial charge in [0.05, 0.1) is 10.5 Å². The number of likely N-dealkylation sites (N-methyl/N-ethyl adjacent to an activating group) is 1. The van der Waals surface area contributed by atoms with E-state index < -0.39 is 11.9 Å². The van der Waals surface area contributed by atoms with Crippen molar-refractivity contribution in [2.75, 3.05) is 13.6 Å². The molecule has 0 saturated carbocycles. The van der Waals surface area contributed by atoms with Gasteiger partial charge in [0.25, 0.3) is 5.91 Å². The van der Waals surface area contributed by atoms with Crippen molar-refractivity contribution in [3.05, 3.63) is 41.0 Å². The first kappa shape index (κ1) is 13.3. The molecule has 0 aliphatic heterocycles. The molecular weight excluding hydrogens is 268 g/mol. The van der Waals surface area contributed by atoms with Crippen LogP contribution in [0, 0.1) is 0 Å². The first-order valence-electron chi connectivity index (χ1n) is 5.51. The Morgan fingerprint density at radius 1 is 1.32 bits per heavy atom. The first-order chi connectivity index (χ1) is 8.99. The minimum absolute atomic E-state index is 0.171. The summed E-state index contributed by atoms with van der Waals surface area (Å²) in [6.07, 6.45) is 0. The Labute approximate surface area is 114 Å². The van der Waals surface area contributed by atoms with E-state index >= 15 is 0 Å². The minimum atomic E-state index is -1.07. The number of carbonyl (C=O) groups is 2. The van der Waals surface area contributed by atoms with Gasteiger partial charge < -0.3 is 10.0 Å². The molecule has 0 bridgehead atoms. The first-order valence-corrected chi connectivity index (χ1v) is 5.89. The zero-order valence-electron chi connectivity index (χ0n) is 10.1. The predicted octanol–water partition coefficient (Wildman–Crippen LogP) is 2.04. The highest BCUT2D eigenvalue weighted by atomic mass is 35.5. The summed E-state index contributed by atoms with van der Waals surface area (Å²) in [7, 11) is 1.41. The number of halogens is 1. The molecule has 2 rings (SSSR count). The fraction of sp³-hybridized carbons (Fsp3) is 0.154. The highest BCUT2D eigenvalue weighted by Gasteiger charge is 2.16. The van der Waals surface area contributed by atoms with E-state index in [1.807, 2.05) is 6.07 Å². The molecule has 1 N–H and O–H groups in total. The molecule has 1 aromatic carbocycles. The molecular formula is C13H11ClN2O3. The van der Waals surface area contributed by atoms with E-state index in [4.69, 9.17) is 16.7 Å². The Balaban J connectivity index is 2.38. The predicted molar refractivity (Wildman–Crippen MR) is 71.3 cm³/mol. The molecule has 2 aromatic rings. The Bertz CT molecular complexity index is 657. The van der Waals surface area contributed by atoms with Gasteiger partial charge in [-0.1, -0.05) is 29.8 Å². The van der Waals surface area contributed by atoms with Crippen molar-refractivity contribution in [2.24, 2.45) is 0 Å². The van der Waals surface area contributed by atoms with Gasteiger partial charge in [0.15, 0.2) is 0 Å². The molecule has 0 unspecified atom stereocenters. The van der Waals surface area contributed by atoms with Crippen LogP contribution >= 0.6 is 11.6 Å². The molecule has 0 radical (unpaired) electrons. The van der Waals surface area contributed by atoms with E-state index in [2.05, 4.69) is 4.98 Å². The number of carboxylic acid groups (broad SMARTS) is 1. The van der Waals surface area contributed by atoms with E-state index in [1.54, 1.807) is 24.3 Å². The van der Waals surface area contributed by atoms with Crippen molar-refractivity contribution in [1.82, 2.24) is 9.88 Å². The second-order valence-electron chi connectivity index (χ2n) is 4.06. The van der Waals surface area contributed by atoms with Gasteiger partial charge in [-0.05, 0) is 12.1 Å². The number of para-hydroxylation sites is 1. The van der Waals surface area contributed by atoms with Crippen LogP contribution < -0.4 is 0 Å². The molecule has 5 nitrogen and oxygen atoms in total. The van der Waals surface area contributed by atoms with Gasteiger partial charge in [-0.3, -0.25) is 9.59 Å². The van der Waals surface area contributed by atoms with E-state index in [9.17, 15) is 9.59 Å². The van der Waals surface area contributed by atoms with Gasteiger partial charge in [0.2, 0.25) is 0 Å². The average Bonchev–Trinajstić information content (AvgIpc) is 2.37. The van der Waals surface area contributed by atoms with E-state index in [0.29, 0.717) is 10.5 Å². The van der Waals surface area contributed by atoms with Crippen molar-refractivity contribution in [3.8, 4) is 0 Å². The molecule has 1 heterocycles. The van der Waals surface area contributed by atoms with Gasteiger partial charge in [-0.15, -0.1) is 0 Å². The maximum atomic E-state index is 12.0. The zero-order valence-corrected chi connectivity index (χ0v) is 10.9. The number of hydrogen-bond donors (Lipinski definition) is 1. The number of amides is 1. The summed E-state index contributed by atoms with van der Waals surface area (Å²) in [4.78, 5) is 27.8. The second-order valence-corrected chi connectivity index (χ2v) is 4.47. The molecule has 1 amide bonds. The number of pyridine rings is 1. The number of aromatic nitrogens is 1. The number of benzene rings is 1. The number of carboxylic acids is 1. The number of carbonyl (C=O) groups excluding carboxylic acids is 1. The number of fused-ring (bicyclic) bond motifs is 1. The second kappa shape index (κ2) is 5.24. The molecule has 1 aromatic heterocycles. The van der Waals surface area contributed by atoms with E-state index in [-0.39, 0.29) is 12.2 Å². The number of aliphatic carboxylic acids is 1. The van der Waals surface area contributed by atoms with Crippen LogP contribution in [-0.4, -0.2) is 40.5 Å². The van der Waals surface area contributed by atoms with Crippen LogP contribution in [0.5, 0.6) is 0 Å². The fourth-order valence-corrected chi connectivity index (χ4v) is 1.92. The van der Waals surface area contributed by atoms with Crippen molar-refractivity contribution in [2.45, 2.75) is 0 Å². The third-order valence-corrected chi connectivity index (χ3v) is 2.91. The summed E-state index contributed by atoms with van der Waals surface area (Å²) in [5.74, 6) is -1.53. The van der Waals surface area contributed by atoms with Crippen LogP contribution in [-0.2, 0) is 4.79 Å². The molecule has 0 fully saturated rings. The van der Waals surface area contributed by atoms with Gasteiger partial charge in [0.1, 0.15) is 12.2 Å². The quantitative estimate of drug-likeness (QED) is 0.933. The molecule has 98 valence electrons.